The zero-order valence-electron chi connectivity index (χ0n) is 16.2. The summed E-state index contributed by atoms with van der Waals surface area (Å²) < 4.78 is 13.3. The molecule has 0 fully saturated rings. The van der Waals surface area contributed by atoms with E-state index in [1.807, 2.05) is 32.0 Å². The molecule has 0 saturated carbocycles. The number of benzene rings is 1. The molecule has 3 aromatic rings. The second-order valence-electron chi connectivity index (χ2n) is 6.34. The van der Waals surface area contributed by atoms with Gasteiger partial charge >= 0.3 is 11.6 Å². The van der Waals surface area contributed by atoms with Crippen molar-refractivity contribution in [1.82, 2.24) is 19.6 Å². The Balaban J connectivity index is 1.57. The van der Waals surface area contributed by atoms with Gasteiger partial charge in [0.1, 0.15) is 18.5 Å². The van der Waals surface area contributed by atoms with Crippen LogP contribution in [0.5, 0.6) is 11.6 Å². The number of ether oxygens (including phenoxy) is 2. The number of anilines is 1. The highest BCUT2D eigenvalue weighted by molar-refractivity contribution is 5.90. The van der Waals surface area contributed by atoms with E-state index in [0.717, 1.165) is 27.8 Å². The summed E-state index contributed by atoms with van der Waals surface area (Å²) in [6, 6.07) is 5.89. The molecule has 0 aliphatic heterocycles. The van der Waals surface area contributed by atoms with E-state index in [1.54, 1.807) is 6.20 Å². The highest BCUT2D eigenvalue weighted by Crippen LogP contribution is 2.24. The van der Waals surface area contributed by atoms with Crippen LogP contribution in [-0.2, 0) is 18.1 Å². The van der Waals surface area contributed by atoms with Gasteiger partial charge < -0.3 is 14.8 Å². The first-order chi connectivity index (χ1) is 13.9. The number of nitrogens with one attached hydrogen (secondary N) is 1. The molecule has 2 heterocycles. The number of aromatic nitrogens is 4. The Hall–Kier alpha value is -3.89. The van der Waals surface area contributed by atoms with E-state index >= 15 is 0 Å². The molecule has 0 aliphatic rings. The minimum absolute atomic E-state index is 0.154. The lowest BCUT2D eigenvalue weighted by molar-refractivity contribution is -0.385. The Morgan fingerprint density at radius 3 is 2.72 bits per heavy atom. The molecule has 3 rings (SSSR count). The molecule has 0 radical (unpaired) electrons. The zero-order chi connectivity index (χ0) is 21.0. The smallest absolute Gasteiger partial charge is 0.350 e. The topological polar surface area (TPSA) is 126 Å². The van der Waals surface area contributed by atoms with Crippen LogP contribution in [0.4, 0.5) is 11.4 Å². The summed E-state index contributed by atoms with van der Waals surface area (Å²) in [5.74, 6) is 0.185. The maximum atomic E-state index is 12.2. The fraction of sp³-hybridized carbons (Fsp3) is 0.278. The summed E-state index contributed by atoms with van der Waals surface area (Å²) in [7, 11) is 1.27. The number of rotatable bonds is 8. The van der Waals surface area contributed by atoms with Gasteiger partial charge in [-0.2, -0.15) is 5.10 Å². The van der Waals surface area contributed by atoms with E-state index < -0.39 is 10.8 Å². The highest BCUT2D eigenvalue weighted by Gasteiger charge is 2.21. The SMILES string of the molecule is COc1nn(CC(=O)Nc2cnn(COc3ccc(C)cc3C)c2)cc1[N+](=O)[O-]. The van der Waals surface area contributed by atoms with Gasteiger partial charge in [-0.15, -0.1) is 5.10 Å². The molecule has 0 atom stereocenters. The van der Waals surface area contributed by atoms with Crippen molar-refractivity contribution < 1.29 is 19.2 Å². The maximum absolute atomic E-state index is 12.2. The molecule has 2 aromatic heterocycles. The Labute approximate surface area is 166 Å². The second kappa shape index (κ2) is 8.42. The predicted molar refractivity (Wildman–Crippen MR) is 103 cm³/mol. The third kappa shape index (κ3) is 4.89. The maximum Gasteiger partial charge on any atom is 0.350 e. The van der Waals surface area contributed by atoms with Crippen molar-refractivity contribution in [3.63, 3.8) is 0 Å². The van der Waals surface area contributed by atoms with Gasteiger partial charge in [-0.25, -0.2) is 4.68 Å². The lowest BCUT2D eigenvalue weighted by Crippen LogP contribution is -2.18. The molecule has 29 heavy (non-hydrogen) atoms. The lowest BCUT2D eigenvalue weighted by Gasteiger charge is -2.09. The summed E-state index contributed by atoms with van der Waals surface area (Å²) in [5, 5.41) is 21.6. The van der Waals surface area contributed by atoms with Gasteiger partial charge in [-0.1, -0.05) is 17.7 Å². The summed E-state index contributed by atoms with van der Waals surface area (Å²) >= 11 is 0. The van der Waals surface area contributed by atoms with Gasteiger partial charge in [-0.05, 0) is 25.5 Å². The summed E-state index contributed by atoms with van der Waals surface area (Å²) in [5.41, 5.74) is 2.33. The molecule has 0 spiro atoms. The zero-order valence-corrected chi connectivity index (χ0v) is 16.2. The average Bonchev–Trinajstić information content (AvgIpc) is 3.27. The van der Waals surface area contributed by atoms with Crippen molar-refractivity contribution in [2.75, 3.05) is 12.4 Å². The molecule has 11 nitrogen and oxygen atoms in total. The molecule has 0 aliphatic carbocycles. The summed E-state index contributed by atoms with van der Waals surface area (Å²) in [6.07, 6.45) is 4.24. The van der Waals surface area contributed by atoms with Crippen LogP contribution in [-0.4, -0.2) is 37.5 Å². The van der Waals surface area contributed by atoms with Crippen LogP contribution in [0.25, 0.3) is 0 Å². The van der Waals surface area contributed by atoms with Gasteiger partial charge in [0, 0.05) is 0 Å². The molecule has 1 amide bonds. The molecule has 1 aromatic carbocycles. The normalized spacial score (nSPS) is 10.6. The molecule has 11 heteroatoms. The first-order valence-corrected chi connectivity index (χ1v) is 8.64. The van der Waals surface area contributed by atoms with E-state index in [-0.39, 0.29) is 24.8 Å². The number of amides is 1. The highest BCUT2D eigenvalue weighted by atomic mass is 16.6. The Morgan fingerprint density at radius 2 is 2.07 bits per heavy atom. The van der Waals surface area contributed by atoms with Gasteiger partial charge in [-0.3, -0.25) is 19.6 Å². The van der Waals surface area contributed by atoms with Crippen molar-refractivity contribution in [3.05, 3.63) is 58.0 Å². The van der Waals surface area contributed by atoms with Gasteiger partial charge in [0.05, 0.1) is 30.1 Å². The van der Waals surface area contributed by atoms with Gasteiger partial charge in [0.15, 0.2) is 6.73 Å². The fourth-order valence-electron chi connectivity index (χ4n) is 2.69. The van der Waals surface area contributed by atoms with Gasteiger partial charge in [0.2, 0.25) is 5.91 Å². The van der Waals surface area contributed by atoms with Crippen molar-refractivity contribution in [3.8, 4) is 11.6 Å². The number of hydrogen-bond donors (Lipinski definition) is 1. The predicted octanol–water partition coefficient (Wildman–Crippen LogP) is 2.29. The number of methoxy groups -OCH3 is 1. The van der Waals surface area contributed by atoms with Crippen LogP contribution in [0.15, 0.2) is 36.8 Å². The van der Waals surface area contributed by atoms with E-state index in [2.05, 4.69) is 15.5 Å². The van der Waals surface area contributed by atoms with Gasteiger partial charge in [0.25, 0.3) is 0 Å². The third-order valence-corrected chi connectivity index (χ3v) is 4.01. The molecule has 0 bridgehead atoms. The van der Waals surface area contributed by atoms with Crippen LogP contribution in [0.2, 0.25) is 0 Å². The van der Waals surface area contributed by atoms with E-state index in [4.69, 9.17) is 9.47 Å². The minimum Gasteiger partial charge on any atom is -0.475 e. The first-order valence-electron chi connectivity index (χ1n) is 8.64. The van der Waals surface area contributed by atoms with Crippen molar-refractivity contribution in [1.29, 1.82) is 0 Å². The van der Waals surface area contributed by atoms with Crippen LogP contribution >= 0.6 is 0 Å². The Kier molecular flexibility index (Phi) is 5.77. The van der Waals surface area contributed by atoms with Crippen molar-refractivity contribution in [2.24, 2.45) is 0 Å². The van der Waals surface area contributed by atoms with E-state index in [0.29, 0.717) is 5.69 Å². The van der Waals surface area contributed by atoms with Crippen LogP contribution in [0.1, 0.15) is 11.1 Å². The standard InChI is InChI=1S/C18H20N6O5/c1-12-4-5-16(13(2)6-12)29-11-23-8-14(7-19-23)20-17(25)10-22-9-15(24(26)27)18(21-22)28-3/h4-9H,10-11H2,1-3H3,(H,20,25). The monoisotopic (exact) mass is 400 g/mol. The fourth-order valence-corrected chi connectivity index (χ4v) is 2.69. The Morgan fingerprint density at radius 1 is 1.28 bits per heavy atom. The lowest BCUT2D eigenvalue weighted by atomic mass is 10.1. The number of carbonyl (C=O) groups is 1. The quantitative estimate of drug-likeness (QED) is 0.454. The molecular weight excluding hydrogens is 380 g/mol. The molecule has 0 saturated heterocycles. The van der Waals surface area contributed by atoms with Crippen LogP contribution < -0.4 is 14.8 Å². The number of aryl methyl sites for hydroxylation is 2. The third-order valence-electron chi connectivity index (χ3n) is 4.01. The first kappa shape index (κ1) is 19.9. The minimum atomic E-state index is -0.625. The number of hydrogen-bond acceptors (Lipinski definition) is 7. The molecule has 1 N–H and O–H groups in total. The summed E-state index contributed by atoms with van der Waals surface area (Å²) in [4.78, 5) is 22.5. The molecule has 0 unspecified atom stereocenters. The van der Waals surface area contributed by atoms with E-state index in [9.17, 15) is 14.9 Å². The molecular formula is C18H20N6O5. The summed E-state index contributed by atoms with van der Waals surface area (Å²) in [6.45, 7) is 3.94. The second-order valence-corrected chi connectivity index (χ2v) is 6.34. The van der Waals surface area contributed by atoms with Crippen LogP contribution in [0, 0.1) is 24.0 Å². The Bertz CT molecular complexity index is 1040. The largest absolute Gasteiger partial charge is 0.475 e. The molecule has 152 valence electrons. The number of nitrogens with zero attached hydrogens (tertiary/aromatic N) is 5. The number of carbonyl (C=O) groups excluding carboxylic acids is 1. The number of nitro groups is 1. The van der Waals surface area contributed by atoms with Crippen molar-refractivity contribution >= 4 is 17.3 Å². The average molecular weight is 400 g/mol. The van der Waals surface area contributed by atoms with Crippen molar-refractivity contribution in [2.45, 2.75) is 27.1 Å². The van der Waals surface area contributed by atoms with Crippen LogP contribution in [0.3, 0.4) is 0 Å². The van der Waals surface area contributed by atoms with E-state index in [1.165, 1.54) is 18.0 Å².